The van der Waals surface area contributed by atoms with Gasteiger partial charge in [-0.3, -0.25) is 14.5 Å². The van der Waals surface area contributed by atoms with Gasteiger partial charge in [0.05, 0.1) is 17.5 Å². The zero-order valence-electron chi connectivity index (χ0n) is 15.0. The Morgan fingerprint density at radius 1 is 1.40 bits per heavy atom. The monoisotopic (exact) mass is 338 g/mol. The third-order valence-electron chi connectivity index (χ3n) is 5.70. The van der Waals surface area contributed by atoms with Crippen LogP contribution in [0.5, 0.6) is 0 Å². The van der Waals surface area contributed by atoms with Gasteiger partial charge in [-0.1, -0.05) is 13.0 Å². The number of amides is 1. The van der Waals surface area contributed by atoms with Crippen molar-refractivity contribution in [1.82, 2.24) is 20.1 Å². The van der Waals surface area contributed by atoms with Gasteiger partial charge < -0.3 is 5.32 Å². The quantitative estimate of drug-likeness (QED) is 0.839. The predicted molar refractivity (Wildman–Crippen MR) is 96.7 cm³/mol. The van der Waals surface area contributed by atoms with E-state index in [-0.39, 0.29) is 11.3 Å². The van der Waals surface area contributed by atoms with Crippen LogP contribution in [-0.4, -0.2) is 27.2 Å². The minimum absolute atomic E-state index is 0.0126. The van der Waals surface area contributed by atoms with E-state index >= 15 is 0 Å². The Labute approximate surface area is 148 Å². The van der Waals surface area contributed by atoms with E-state index in [2.05, 4.69) is 40.0 Å². The van der Waals surface area contributed by atoms with Crippen LogP contribution in [0.15, 0.2) is 30.6 Å². The molecule has 2 aliphatic carbocycles. The fourth-order valence-electron chi connectivity index (χ4n) is 3.53. The molecular weight excluding hydrogens is 312 g/mol. The highest BCUT2D eigenvalue weighted by Gasteiger charge is 2.46. The molecule has 1 N–H and O–H groups in total. The maximum absolute atomic E-state index is 12.8. The molecule has 25 heavy (non-hydrogen) atoms. The Bertz CT molecular complexity index is 759. The summed E-state index contributed by atoms with van der Waals surface area (Å²) in [6.07, 6.45) is 9.12. The van der Waals surface area contributed by atoms with E-state index in [0.29, 0.717) is 18.5 Å². The van der Waals surface area contributed by atoms with Crippen LogP contribution in [-0.2, 0) is 5.41 Å². The lowest BCUT2D eigenvalue weighted by molar-refractivity contribution is 0.0948. The lowest BCUT2D eigenvalue weighted by Crippen LogP contribution is -2.33. The van der Waals surface area contributed by atoms with Crippen molar-refractivity contribution in [3.8, 4) is 0 Å². The van der Waals surface area contributed by atoms with E-state index in [1.165, 1.54) is 12.8 Å². The fraction of sp³-hybridized carbons (Fsp3) is 0.550. The fourth-order valence-corrected chi connectivity index (χ4v) is 3.53. The van der Waals surface area contributed by atoms with Crippen LogP contribution in [0, 0.1) is 0 Å². The maximum Gasteiger partial charge on any atom is 0.254 e. The molecule has 2 aromatic rings. The first kappa shape index (κ1) is 16.3. The van der Waals surface area contributed by atoms with Crippen molar-refractivity contribution in [2.45, 2.75) is 63.3 Å². The number of nitrogens with one attached hydrogen (secondary N) is 1. The molecule has 0 aliphatic heterocycles. The Hall–Kier alpha value is -2.17. The number of carbonyl (C=O) groups excluding carboxylic acids is 1. The van der Waals surface area contributed by atoms with E-state index in [1.54, 1.807) is 6.20 Å². The highest BCUT2D eigenvalue weighted by Crippen LogP contribution is 2.47. The summed E-state index contributed by atoms with van der Waals surface area (Å²) >= 11 is 0. The molecule has 1 unspecified atom stereocenters. The Balaban J connectivity index is 1.50. The second-order valence-electron chi connectivity index (χ2n) is 7.60. The molecule has 5 heteroatoms. The van der Waals surface area contributed by atoms with Gasteiger partial charge >= 0.3 is 0 Å². The zero-order chi connectivity index (χ0) is 17.4. The second-order valence-corrected chi connectivity index (χ2v) is 7.60. The van der Waals surface area contributed by atoms with E-state index in [4.69, 9.17) is 0 Å². The molecule has 0 aromatic carbocycles. The van der Waals surface area contributed by atoms with Crippen molar-refractivity contribution in [3.63, 3.8) is 0 Å². The molecule has 0 saturated heterocycles. The van der Waals surface area contributed by atoms with Crippen molar-refractivity contribution in [2.24, 2.45) is 0 Å². The Kier molecular flexibility index (Phi) is 4.10. The van der Waals surface area contributed by atoms with Crippen LogP contribution >= 0.6 is 0 Å². The molecule has 0 bridgehead atoms. The average Bonchev–Trinajstić information content (AvgIpc) is 3.58. The summed E-state index contributed by atoms with van der Waals surface area (Å²) in [5, 5.41) is 7.69. The number of hydrogen-bond acceptors (Lipinski definition) is 3. The molecule has 132 valence electrons. The van der Waals surface area contributed by atoms with Gasteiger partial charge in [0, 0.05) is 35.8 Å². The molecule has 0 radical (unpaired) electrons. The van der Waals surface area contributed by atoms with Crippen molar-refractivity contribution in [3.05, 3.63) is 47.5 Å². The second kappa shape index (κ2) is 6.28. The summed E-state index contributed by atoms with van der Waals surface area (Å²) in [6, 6.07) is 6.35. The van der Waals surface area contributed by atoms with Crippen molar-refractivity contribution in [2.75, 3.05) is 6.54 Å². The number of carbonyl (C=O) groups is 1. The maximum atomic E-state index is 12.8. The van der Waals surface area contributed by atoms with Crippen LogP contribution in [0.1, 0.15) is 79.7 Å². The van der Waals surface area contributed by atoms with Gasteiger partial charge in [-0.2, -0.15) is 5.10 Å². The number of aromatic nitrogens is 3. The largest absolute Gasteiger partial charge is 0.351 e. The number of nitrogens with zero attached hydrogens (tertiary/aromatic N) is 3. The molecule has 2 heterocycles. The van der Waals surface area contributed by atoms with Gasteiger partial charge in [0.15, 0.2) is 0 Å². The molecule has 5 nitrogen and oxygen atoms in total. The average molecular weight is 338 g/mol. The summed E-state index contributed by atoms with van der Waals surface area (Å²) in [5.41, 5.74) is 3.02. The molecule has 2 aliphatic rings. The molecule has 4 rings (SSSR count). The third-order valence-corrected chi connectivity index (χ3v) is 5.70. The molecule has 2 saturated carbocycles. The van der Waals surface area contributed by atoms with Crippen molar-refractivity contribution in [1.29, 1.82) is 0 Å². The van der Waals surface area contributed by atoms with Gasteiger partial charge in [0.2, 0.25) is 0 Å². The van der Waals surface area contributed by atoms with Crippen LogP contribution in [0.2, 0.25) is 0 Å². The molecular formula is C20H26N4O. The first-order chi connectivity index (χ1) is 12.1. The van der Waals surface area contributed by atoms with Crippen LogP contribution in [0.4, 0.5) is 0 Å². The first-order valence-corrected chi connectivity index (χ1v) is 9.42. The van der Waals surface area contributed by atoms with Gasteiger partial charge in [-0.25, -0.2) is 0 Å². The van der Waals surface area contributed by atoms with Gasteiger partial charge in [0.1, 0.15) is 0 Å². The van der Waals surface area contributed by atoms with Crippen LogP contribution in [0.3, 0.4) is 0 Å². The lowest BCUT2D eigenvalue weighted by atomic mass is 10.0. The van der Waals surface area contributed by atoms with Crippen LogP contribution in [0.25, 0.3) is 0 Å². The Morgan fingerprint density at radius 3 is 2.80 bits per heavy atom. The SMILES string of the molecule is CCC(C)n1ncc(C(=O)NCC2(c3ccccn3)CC2)c1C1CC1. The van der Waals surface area contributed by atoms with Gasteiger partial charge in [-0.15, -0.1) is 0 Å². The standard InChI is InChI=1S/C20H26N4O/c1-3-14(2)24-18(15-7-8-15)16(12-23-24)19(25)22-13-20(9-10-20)17-6-4-5-11-21-17/h4-6,11-12,14-15H,3,7-10,13H2,1-2H3,(H,22,25). The van der Waals surface area contributed by atoms with E-state index in [1.807, 2.05) is 18.3 Å². The van der Waals surface area contributed by atoms with Crippen molar-refractivity contribution >= 4 is 5.91 Å². The van der Waals surface area contributed by atoms with Crippen molar-refractivity contribution < 1.29 is 4.79 Å². The molecule has 2 aromatic heterocycles. The zero-order valence-corrected chi connectivity index (χ0v) is 15.0. The molecule has 1 atom stereocenters. The minimum Gasteiger partial charge on any atom is -0.351 e. The van der Waals surface area contributed by atoms with E-state index in [0.717, 1.165) is 36.2 Å². The third kappa shape index (κ3) is 3.08. The smallest absolute Gasteiger partial charge is 0.254 e. The summed E-state index contributed by atoms with van der Waals surface area (Å²) in [6.45, 7) is 4.98. The number of hydrogen-bond donors (Lipinski definition) is 1. The van der Waals surface area contributed by atoms with Gasteiger partial charge in [0.25, 0.3) is 5.91 Å². The summed E-state index contributed by atoms with van der Waals surface area (Å²) < 4.78 is 2.07. The number of pyridine rings is 1. The molecule has 1 amide bonds. The van der Waals surface area contributed by atoms with Gasteiger partial charge in [-0.05, 0) is 51.2 Å². The highest BCUT2D eigenvalue weighted by atomic mass is 16.1. The number of rotatable bonds is 7. The van der Waals surface area contributed by atoms with E-state index in [9.17, 15) is 4.79 Å². The van der Waals surface area contributed by atoms with E-state index < -0.39 is 0 Å². The highest BCUT2D eigenvalue weighted by molar-refractivity contribution is 5.95. The first-order valence-electron chi connectivity index (χ1n) is 9.42. The predicted octanol–water partition coefficient (Wildman–Crippen LogP) is 3.59. The molecule has 2 fully saturated rings. The molecule has 0 spiro atoms. The summed E-state index contributed by atoms with van der Waals surface area (Å²) in [5.74, 6) is 0.515. The lowest BCUT2D eigenvalue weighted by Gasteiger charge is -2.17. The summed E-state index contributed by atoms with van der Waals surface area (Å²) in [4.78, 5) is 17.3. The summed E-state index contributed by atoms with van der Waals surface area (Å²) in [7, 11) is 0. The topological polar surface area (TPSA) is 59.8 Å². The minimum atomic E-state index is 0.0126. The normalized spacial score (nSPS) is 19.4. The Morgan fingerprint density at radius 2 is 2.20 bits per heavy atom. The van der Waals surface area contributed by atoms with Crippen LogP contribution < -0.4 is 5.32 Å².